The van der Waals surface area contributed by atoms with Crippen LogP contribution in [0.15, 0.2) is 35.8 Å². The zero-order valence-electron chi connectivity index (χ0n) is 4.76. The molecule has 9 heavy (non-hydrogen) atoms. The Kier molecular flexibility index (Phi) is 2.88. The van der Waals surface area contributed by atoms with Crippen LogP contribution in [0.4, 0.5) is 0 Å². The molecule has 2 nitrogen and oxygen atoms in total. The minimum atomic E-state index is -0.438. The van der Waals surface area contributed by atoms with E-state index in [9.17, 15) is 0 Å². The first kappa shape index (κ1) is 8.11. The SMILES string of the molecule is C=C/C(O)=C(/O)C(=C)Cl. The van der Waals surface area contributed by atoms with Crippen molar-refractivity contribution < 1.29 is 10.2 Å². The summed E-state index contributed by atoms with van der Waals surface area (Å²) in [5, 5.41) is 17.3. The van der Waals surface area contributed by atoms with Gasteiger partial charge in [0.15, 0.2) is 11.5 Å². The van der Waals surface area contributed by atoms with Gasteiger partial charge < -0.3 is 10.2 Å². The number of rotatable bonds is 2. The highest BCUT2D eigenvalue weighted by molar-refractivity contribution is 6.31. The number of allylic oxidation sites excluding steroid dienone is 2. The monoisotopic (exact) mass is 146 g/mol. The normalized spacial score (nSPS) is 12.1. The lowest BCUT2D eigenvalue weighted by molar-refractivity contribution is 0.350. The van der Waals surface area contributed by atoms with Gasteiger partial charge in [0.25, 0.3) is 0 Å². The molecule has 0 atom stereocenters. The minimum Gasteiger partial charge on any atom is -0.504 e. The topological polar surface area (TPSA) is 40.5 Å². The second-order valence-electron chi connectivity index (χ2n) is 1.34. The Labute approximate surface area is 58.4 Å². The zero-order chi connectivity index (χ0) is 7.44. The fourth-order valence-electron chi connectivity index (χ4n) is 0.236. The standard InChI is InChI=1S/C6H7ClO2/c1-3-5(8)6(9)4(2)7/h3,8-9H,1-2H2/b6-5-. The van der Waals surface area contributed by atoms with Crippen molar-refractivity contribution in [1.29, 1.82) is 0 Å². The average molecular weight is 147 g/mol. The van der Waals surface area contributed by atoms with Crippen molar-refractivity contribution in [3.8, 4) is 0 Å². The third kappa shape index (κ3) is 2.24. The quantitative estimate of drug-likeness (QED) is 0.464. The van der Waals surface area contributed by atoms with Gasteiger partial charge in [0.2, 0.25) is 0 Å². The molecule has 0 aliphatic heterocycles. The summed E-state index contributed by atoms with van der Waals surface area (Å²) >= 11 is 5.19. The van der Waals surface area contributed by atoms with Crippen LogP contribution in [-0.2, 0) is 0 Å². The van der Waals surface area contributed by atoms with Crippen LogP contribution in [0, 0.1) is 0 Å². The van der Waals surface area contributed by atoms with E-state index in [0.29, 0.717) is 0 Å². The molecule has 0 radical (unpaired) electrons. The van der Waals surface area contributed by atoms with E-state index in [4.69, 9.17) is 21.8 Å². The lowest BCUT2D eigenvalue weighted by Crippen LogP contribution is -1.85. The molecule has 0 unspecified atom stereocenters. The van der Waals surface area contributed by atoms with E-state index < -0.39 is 5.76 Å². The molecule has 0 aliphatic rings. The smallest absolute Gasteiger partial charge is 0.175 e. The van der Waals surface area contributed by atoms with Crippen LogP contribution in [0.5, 0.6) is 0 Å². The van der Waals surface area contributed by atoms with Crippen molar-refractivity contribution in [3.05, 3.63) is 35.8 Å². The number of hydrogen-bond acceptors (Lipinski definition) is 2. The first-order chi connectivity index (χ1) is 4.09. The molecule has 0 rings (SSSR count). The van der Waals surface area contributed by atoms with Crippen LogP contribution >= 0.6 is 11.6 Å². The second kappa shape index (κ2) is 3.20. The van der Waals surface area contributed by atoms with E-state index in [1.165, 1.54) is 0 Å². The van der Waals surface area contributed by atoms with Gasteiger partial charge in [0.1, 0.15) is 0 Å². The van der Waals surface area contributed by atoms with Gasteiger partial charge in [-0.05, 0) is 6.08 Å². The summed E-state index contributed by atoms with van der Waals surface area (Å²) < 4.78 is 0. The van der Waals surface area contributed by atoms with Gasteiger partial charge in [-0.15, -0.1) is 0 Å². The van der Waals surface area contributed by atoms with Gasteiger partial charge in [-0.3, -0.25) is 0 Å². The third-order valence-electron chi connectivity index (χ3n) is 0.693. The van der Waals surface area contributed by atoms with Crippen molar-refractivity contribution in [1.82, 2.24) is 0 Å². The molecule has 0 aliphatic carbocycles. The van der Waals surface area contributed by atoms with Gasteiger partial charge in [0.05, 0.1) is 5.03 Å². The Morgan fingerprint density at radius 3 is 2.00 bits per heavy atom. The fraction of sp³-hybridized carbons (Fsp3) is 0. The molecular weight excluding hydrogens is 140 g/mol. The minimum absolute atomic E-state index is 0.104. The van der Waals surface area contributed by atoms with Crippen LogP contribution in [0.1, 0.15) is 0 Å². The largest absolute Gasteiger partial charge is 0.504 e. The van der Waals surface area contributed by atoms with Gasteiger partial charge >= 0.3 is 0 Å². The van der Waals surface area contributed by atoms with E-state index in [2.05, 4.69) is 13.2 Å². The predicted octanol–water partition coefficient (Wildman–Crippen LogP) is 2.25. The summed E-state index contributed by atoms with van der Waals surface area (Å²) in [4.78, 5) is 0. The molecular formula is C6H7ClO2. The fourth-order valence-corrected chi connectivity index (χ4v) is 0.332. The molecule has 0 aromatic heterocycles. The molecule has 0 fully saturated rings. The average Bonchev–Trinajstić information content (AvgIpc) is 1.84. The highest BCUT2D eigenvalue weighted by atomic mass is 35.5. The molecule has 0 aromatic carbocycles. The van der Waals surface area contributed by atoms with Crippen LogP contribution in [0.3, 0.4) is 0 Å². The van der Waals surface area contributed by atoms with Gasteiger partial charge in [-0.2, -0.15) is 0 Å². The highest BCUT2D eigenvalue weighted by Gasteiger charge is 2.00. The van der Waals surface area contributed by atoms with Crippen molar-refractivity contribution in [3.63, 3.8) is 0 Å². The highest BCUT2D eigenvalue weighted by Crippen LogP contribution is 2.11. The Balaban J connectivity index is 4.47. The van der Waals surface area contributed by atoms with Crippen molar-refractivity contribution in [2.24, 2.45) is 0 Å². The van der Waals surface area contributed by atoms with E-state index in [1.807, 2.05) is 0 Å². The summed E-state index contributed by atoms with van der Waals surface area (Å²) in [5.41, 5.74) is 0. The van der Waals surface area contributed by atoms with E-state index >= 15 is 0 Å². The summed E-state index contributed by atoms with van der Waals surface area (Å²) in [6.07, 6.45) is 1.07. The Morgan fingerprint density at radius 2 is 1.89 bits per heavy atom. The molecule has 2 N–H and O–H groups in total. The number of halogens is 1. The van der Waals surface area contributed by atoms with E-state index in [1.54, 1.807) is 0 Å². The second-order valence-corrected chi connectivity index (χ2v) is 1.80. The molecule has 50 valence electrons. The van der Waals surface area contributed by atoms with Crippen LogP contribution in [0.25, 0.3) is 0 Å². The van der Waals surface area contributed by atoms with E-state index in [-0.39, 0.29) is 10.8 Å². The molecule has 0 amide bonds. The first-order valence-electron chi connectivity index (χ1n) is 2.19. The zero-order valence-corrected chi connectivity index (χ0v) is 5.52. The number of hydrogen-bond donors (Lipinski definition) is 2. The lowest BCUT2D eigenvalue weighted by atomic mass is 10.4. The molecule has 0 spiro atoms. The molecule has 0 heterocycles. The number of aliphatic hydroxyl groups is 2. The molecule has 3 heteroatoms. The summed E-state index contributed by atoms with van der Waals surface area (Å²) in [6.45, 7) is 6.37. The van der Waals surface area contributed by atoms with Crippen molar-refractivity contribution in [2.75, 3.05) is 0 Å². The van der Waals surface area contributed by atoms with Crippen molar-refractivity contribution in [2.45, 2.75) is 0 Å². The summed E-state index contributed by atoms with van der Waals surface area (Å²) in [5.74, 6) is -0.804. The lowest BCUT2D eigenvalue weighted by Gasteiger charge is -1.95. The molecule has 0 bridgehead atoms. The van der Waals surface area contributed by atoms with Crippen LogP contribution < -0.4 is 0 Å². The molecule has 0 saturated heterocycles. The van der Waals surface area contributed by atoms with E-state index in [0.717, 1.165) is 6.08 Å². The molecule has 0 aromatic rings. The maximum atomic E-state index is 8.72. The Bertz CT molecular complexity index is 170. The Hall–Kier alpha value is -0.890. The summed E-state index contributed by atoms with van der Waals surface area (Å²) in [7, 11) is 0. The third-order valence-corrected chi connectivity index (χ3v) is 0.872. The predicted molar refractivity (Wildman–Crippen MR) is 37.5 cm³/mol. The maximum Gasteiger partial charge on any atom is 0.175 e. The van der Waals surface area contributed by atoms with Gasteiger partial charge in [-0.25, -0.2) is 0 Å². The van der Waals surface area contributed by atoms with Crippen molar-refractivity contribution >= 4 is 11.6 Å². The van der Waals surface area contributed by atoms with Crippen LogP contribution in [0.2, 0.25) is 0 Å². The number of aliphatic hydroxyl groups excluding tert-OH is 2. The summed E-state index contributed by atoms with van der Waals surface area (Å²) in [6, 6.07) is 0. The first-order valence-corrected chi connectivity index (χ1v) is 2.56. The maximum absolute atomic E-state index is 8.72. The van der Waals surface area contributed by atoms with Gasteiger partial charge in [0, 0.05) is 0 Å². The van der Waals surface area contributed by atoms with Crippen LogP contribution in [-0.4, -0.2) is 10.2 Å². The van der Waals surface area contributed by atoms with Gasteiger partial charge in [-0.1, -0.05) is 24.8 Å². The molecule has 0 saturated carbocycles. The Morgan fingerprint density at radius 1 is 1.44 bits per heavy atom.